The van der Waals surface area contributed by atoms with E-state index in [1.165, 1.54) is 12.3 Å². The van der Waals surface area contributed by atoms with Crippen molar-refractivity contribution in [3.8, 4) is 23.0 Å². The van der Waals surface area contributed by atoms with Gasteiger partial charge in [-0.1, -0.05) is 0 Å². The first-order valence-corrected chi connectivity index (χ1v) is 7.24. The summed E-state index contributed by atoms with van der Waals surface area (Å²) < 4.78 is 43.6. The number of alkyl halides is 3. The molecule has 0 saturated heterocycles. The van der Waals surface area contributed by atoms with Crippen LogP contribution >= 0.6 is 0 Å². The number of aromatic nitrogens is 3. The predicted molar refractivity (Wildman–Crippen MR) is 86.5 cm³/mol. The molecule has 3 aromatic rings. The number of nitrogens with two attached hydrogens (primary N) is 1. The molecule has 0 spiro atoms. The second-order valence-electron chi connectivity index (χ2n) is 5.14. The summed E-state index contributed by atoms with van der Waals surface area (Å²) in [6.45, 7) is 0. The molecule has 26 heavy (non-hydrogen) atoms. The van der Waals surface area contributed by atoms with Gasteiger partial charge in [-0.25, -0.2) is 9.78 Å². The number of primary amides is 1. The number of halogens is 3. The van der Waals surface area contributed by atoms with Crippen molar-refractivity contribution in [3.63, 3.8) is 0 Å². The topological polar surface area (TPSA) is 106 Å². The van der Waals surface area contributed by atoms with E-state index >= 15 is 0 Å². The van der Waals surface area contributed by atoms with Crippen molar-refractivity contribution >= 4 is 11.7 Å². The average Bonchev–Trinajstić information content (AvgIpc) is 3.07. The molecular formula is C16H12F3N5O2. The average molecular weight is 363 g/mol. The van der Waals surface area contributed by atoms with Gasteiger partial charge < -0.3 is 20.8 Å². The molecule has 134 valence electrons. The number of benzene rings is 1. The number of carbonyl (C=O) groups excluding carboxylic acids is 1. The maximum atomic E-state index is 12.6. The molecule has 0 aliphatic rings. The summed E-state index contributed by atoms with van der Waals surface area (Å²) in [7, 11) is 0. The van der Waals surface area contributed by atoms with Crippen LogP contribution in [0.1, 0.15) is 5.69 Å². The Kier molecular flexibility index (Phi) is 4.48. The van der Waals surface area contributed by atoms with Gasteiger partial charge in [0, 0.05) is 18.0 Å². The minimum atomic E-state index is -4.51. The smallest absolute Gasteiger partial charge is 0.432 e. The number of imidazole rings is 1. The number of carbonyl (C=O) groups is 1. The fourth-order valence-electron chi connectivity index (χ4n) is 2.08. The van der Waals surface area contributed by atoms with E-state index in [0.717, 1.165) is 0 Å². The molecule has 7 nitrogen and oxygen atoms in total. The summed E-state index contributed by atoms with van der Waals surface area (Å²) in [6, 6.07) is 8.68. The van der Waals surface area contributed by atoms with Gasteiger partial charge >= 0.3 is 12.2 Å². The molecule has 0 bridgehead atoms. The number of anilines is 1. The quantitative estimate of drug-likeness (QED) is 0.656. The van der Waals surface area contributed by atoms with Gasteiger partial charge in [0.2, 0.25) is 0 Å². The molecule has 0 aliphatic carbocycles. The van der Waals surface area contributed by atoms with Crippen LogP contribution in [0.3, 0.4) is 0 Å². The minimum Gasteiger partial charge on any atom is -0.457 e. The van der Waals surface area contributed by atoms with Gasteiger partial charge in [0.25, 0.3) is 0 Å². The highest BCUT2D eigenvalue weighted by atomic mass is 19.4. The van der Waals surface area contributed by atoms with Gasteiger partial charge in [-0.2, -0.15) is 13.2 Å². The zero-order valence-corrected chi connectivity index (χ0v) is 13.0. The van der Waals surface area contributed by atoms with Crippen LogP contribution in [0.2, 0.25) is 0 Å². The minimum absolute atomic E-state index is 0.0243. The summed E-state index contributed by atoms with van der Waals surface area (Å²) in [4.78, 5) is 20.6. The number of aromatic amines is 1. The maximum absolute atomic E-state index is 12.6. The molecular weight excluding hydrogens is 351 g/mol. The van der Waals surface area contributed by atoms with E-state index in [0.29, 0.717) is 23.4 Å². The Hall–Kier alpha value is -3.56. The van der Waals surface area contributed by atoms with E-state index < -0.39 is 17.9 Å². The zero-order chi connectivity index (χ0) is 18.7. The van der Waals surface area contributed by atoms with Crippen molar-refractivity contribution in [2.24, 2.45) is 5.73 Å². The van der Waals surface area contributed by atoms with Crippen LogP contribution in [-0.2, 0) is 6.18 Å². The molecule has 10 heteroatoms. The second kappa shape index (κ2) is 6.75. The highest BCUT2D eigenvalue weighted by molar-refractivity contribution is 5.87. The van der Waals surface area contributed by atoms with Crippen molar-refractivity contribution in [1.29, 1.82) is 0 Å². The van der Waals surface area contributed by atoms with Crippen LogP contribution in [0.5, 0.6) is 11.5 Å². The van der Waals surface area contributed by atoms with Crippen molar-refractivity contribution in [1.82, 2.24) is 15.0 Å². The Bertz CT molecular complexity index is 922. The number of nitrogens with one attached hydrogen (secondary N) is 2. The number of urea groups is 1. The van der Waals surface area contributed by atoms with Gasteiger partial charge in [-0.15, -0.1) is 0 Å². The number of amides is 2. The van der Waals surface area contributed by atoms with Crippen LogP contribution in [0.4, 0.5) is 23.7 Å². The van der Waals surface area contributed by atoms with Gasteiger partial charge in [-0.3, -0.25) is 4.98 Å². The molecule has 0 atom stereocenters. The summed E-state index contributed by atoms with van der Waals surface area (Å²) >= 11 is 0. The normalized spacial score (nSPS) is 11.2. The molecule has 2 aromatic heterocycles. The Morgan fingerprint density at radius 3 is 2.46 bits per heavy atom. The first-order chi connectivity index (χ1) is 12.3. The van der Waals surface area contributed by atoms with Crippen LogP contribution < -0.4 is 15.8 Å². The van der Waals surface area contributed by atoms with Crippen LogP contribution in [-0.4, -0.2) is 21.0 Å². The highest BCUT2D eigenvalue weighted by Gasteiger charge is 2.33. The second-order valence-corrected chi connectivity index (χ2v) is 5.14. The highest BCUT2D eigenvalue weighted by Crippen LogP contribution is 2.30. The Morgan fingerprint density at radius 1 is 1.12 bits per heavy atom. The third kappa shape index (κ3) is 4.09. The lowest BCUT2D eigenvalue weighted by Gasteiger charge is -2.08. The molecule has 0 saturated carbocycles. The fourth-order valence-corrected chi connectivity index (χ4v) is 2.08. The third-order valence-corrected chi connectivity index (χ3v) is 3.21. The van der Waals surface area contributed by atoms with Crippen molar-refractivity contribution in [2.45, 2.75) is 6.18 Å². The molecule has 2 amide bonds. The van der Waals surface area contributed by atoms with E-state index in [1.807, 2.05) is 0 Å². The lowest BCUT2D eigenvalue weighted by molar-refractivity contribution is -0.140. The molecule has 0 unspecified atom stereocenters. The maximum Gasteiger partial charge on any atom is 0.432 e. The van der Waals surface area contributed by atoms with Crippen molar-refractivity contribution in [2.75, 3.05) is 5.32 Å². The molecule has 3 rings (SSSR count). The van der Waals surface area contributed by atoms with E-state index in [9.17, 15) is 18.0 Å². The number of ether oxygens (including phenoxy) is 1. The number of nitrogens with zero attached hydrogens (tertiary/aromatic N) is 2. The molecule has 4 N–H and O–H groups in total. The van der Waals surface area contributed by atoms with Crippen molar-refractivity contribution in [3.05, 3.63) is 54.5 Å². The summed E-state index contributed by atoms with van der Waals surface area (Å²) in [6.07, 6.45) is -2.42. The summed E-state index contributed by atoms with van der Waals surface area (Å²) in [5.74, 6) is 0.784. The molecule has 1 aromatic carbocycles. The first kappa shape index (κ1) is 17.3. The van der Waals surface area contributed by atoms with Crippen LogP contribution in [0, 0.1) is 0 Å². The van der Waals surface area contributed by atoms with Gasteiger partial charge in [0.15, 0.2) is 5.82 Å². The van der Waals surface area contributed by atoms with Gasteiger partial charge in [0.1, 0.15) is 22.9 Å². The molecule has 2 heterocycles. The number of rotatable bonds is 4. The summed E-state index contributed by atoms with van der Waals surface area (Å²) in [5, 5.41) is 2.41. The molecule has 0 radical (unpaired) electrons. The Labute approximate surface area is 145 Å². The number of hydrogen-bond acceptors (Lipinski definition) is 4. The lowest BCUT2D eigenvalue weighted by Crippen LogP contribution is -2.19. The zero-order valence-electron chi connectivity index (χ0n) is 13.0. The SMILES string of the molecule is NC(=O)Nc1ccc(Oc2ccnc(-c3ncc(C(F)(F)F)[nH]3)c2)cc1. The number of hydrogen-bond donors (Lipinski definition) is 3. The molecule has 0 fully saturated rings. The van der Waals surface area contributed by atoms with Crippen LogP contribution in [0.25, 0.3) is 11.5 Å². The van der Waals surface area contributed by atoms with E-state index in [-0.39, 0.29) is 11.5 Å². The first-order valence-electron chi connectivity index (χ1n) is 7.24. The van der Waals surface area contributed by atoms with Crippen molar-refractivity contribution < 1.29 is 22.7 Å². The summed E-state index contributed by atoms with van der Waals surface area (Å²) in [5.41, 5.74) is 4.75. The van der Waals surface area contributed by atoms with E-state index in [2.05, 4.69) is 20.3 Å². The molecule has 0 aliphatic heterocycles. The standard InChI is InChI=1S/C16H12F3N5O2/c17-16(18,19)13-8-22-14(24-13)12-7-11(5-6-21-12)26-10-3-1-9(2-4-10)23-15(20)25/h1-8H,(H,22,24)(H3,20,23,25). The largest absolute Gasteiger partial charge is 0.457 e. The number of pyridine rings is 1. The fraction of sp³-hybridized carbons (Fsp3) is 0.0625. The van der Waals surface area contributed by atoms with Gasteiger partial charge in [0.05, 0.1) is 6.20 Å². The third-order valence-electron chi connectivity index (χ3n) is 3.21. The Balaban J connectivity index is 1.77. The number of H-pyrrole nitrogens is 1. The Morgan fingerprint density at radius 2 is 1.85 bits per heavy atom. The van der Waals surface area contributed by atoms with Gasteiger partial charge in [-0.05, 0) is 30.3 Å². The monoisotopic (exact) mass is 363 g/mol. The van der Waals surface area contributed by atoms with E-state index in [1.54, 1.807) is 30.3 Å². The lowest BCUT2D eigenvalue weighted by atomic mass is 10.3. The van der Waals surface area contributed by atoms with Crippen LogP contribution in [0.15, 0.2) is 48.8 Å². The predicted octanol–water partition coefficient (Wildman–Crippen LogP) is 3.77. The van der Waals surface area contributed by atoms with E-state index in [4.69, 9.17) is 10.5 Å².